The summed E-state index contributed by atoms with van der Waals surface area (Å²) >= 11 is 12.8. The van der Waals surface area contributed by atoms with Gasteiger partial charge in [-0.3, -0.25) is 9.69 Å². The summed E-state index contributed by atoms with van der Waals surface area (Å²) in [5.41, 5.74) is 2.76. The van der Waals surface area contributed by atoms with Crippen molar-refractivity contribution in [2.75, 3.05) is 25.0 Å². The molecule has 154 valence electrons. The molecule has 7 heteroatoms. The van der Waals surface area contributed by atoms with Gasteiger partial charge in [-0.25, -0.2) is 0 Å². The summed E-state index contributed by atoms with van der Waals surface area (Å²) in [4.78, 5) is 13.8. The van der Waals surface area contributed by atoms with Crippen molar-refractivity contribution in [2.24, 2.45) is 5.92 Å². The minimum atomic E-state index is -0.230. The van der Waals surface area contributed by atoms with Gasteiger partial charge >= 0.3 is 0 Å². The van der Waals surface area contributed by atoms with E-state index in [4.69, 9.17) is 27.9 Å². The highest BCUT2D eigenvalue weighted by atomic mass is 35.5. The quantitative estimate of drug-likeness (QED) is 0.735. The lowest BCUT2D eigenvalue weighted by molar-refractivity contribution is -0.114. The summed E-state index contributed by atoms with van der Waals surface area (Å²) < 4.78 is 6.46. The lowest BCUT2D eigenvalue weighted by Gasteiger charge is -2.30. The molecular weight excluding hydrogens is 411 g/mol. The van der Waals surface area contributed by atoms with Crippen LogP contribution in [0.15, 0.2) is 36.4 Å². The van der Waals surface area contributed by atoms with Gasteiger partial charge < -0.3 is 15.2 Å². The number of benzene rings is 2. The van der Waals surface area contributed by atoms with E-state index >= 15 is 0 Å². The molecule has 0 aromatic heterocycles. The van der Waals surface area contributed by atoms with Crippen molar-refractivity contribution in [2.45, 2.75) is 31.9 Å². The fourth-order valence-electron chi connectivity index (χ4n) is 4.39. The summed E-state index contributed by atoms with van der Waals surface area (Å²) in [7, 11) is 0. The van der Waals surface area contributed by atoms with Gasteiger partial charge in [0.15, 0.2) is 0 Å². The van der Waals surface area contributed by atoms with E-state index < -0.39 is 0 Å². The van der Waals surface area contributed by atoms with Crippen molar-refractivity contribution in [3.63, 3.8) is 0 Å². The molecular formula is C22H24Cl2N2O3. The molecule has 1 aliphatic carbocycles. The maximum Gasteiger partial charge on any atom is 0.221 e. The third kappa shape index (κ3) is 4.38. The molecule has 1 heterocycles. The molecule has 5 nitrogen and oxygen atoms in total. The molecule has 0 unspecified atom stereocenters. The fraction of sp³-hybridized carbons (Fsp3) is 0.409. The van der Waals surface area contributed by atoms with Crippen LogP contribution in [0.2, 0.25) is 10.0 Å². The van der Waals surface area contributed by atoms with E-state index in [2.05, 4.69) is 10.2 Å². The Morgan fingerprint density at radius 1 is 1.31 bits per heavy atom. The van der Waals surface area contributed by atoms with Gasteiger partial charge in [-0.05, 0) is 55.1 Å². The van der Waals surface area contributed by atoms with Gasteiger partial charge in [0.1, 0.15) is 11.9 Å². The van der Waals surface area contributed by atoms with E-state index in [1.54, 1.807) is 6.07 Å². The average Bonchev–Trinajstić information content (AvgIpc) is 3.27. The van der Waals surface area contributed by atoms with Crippen molar-refractivity contribution < 1.29 is 14.6 Å². The number of carbonyl (C=O) groups excluding carboxylic acids is 1. The van der Waals surface area contributed by atoms with Crippen LogP contribution < -0.4 is 10.1 Å². The van der Waals surface area contributed by atoms with Crippen LogP contribution >= 0.6 is 23.2 Å². The molecule has 1 fully saturated rings. The molecule has 1 amide bonds. The van der Waals surface area contributed by atoms with Crippen LogP contribution in [-0.2, 0) is 11.2 Å². The number of halogens is 2. The van der Waals surface area contributed by atoms with Crippen molar-refractivity contribution in [3.8, 4) is 5.75 Å². The predicted octanol–water partition coefficient (Wildman–Crippen LogP) is 4.31. The zero-order valence-electron chi connectivity index (χ0n) is 16.2. The maximum absolute atomic E-state index is 11.4. The first-order valence-electron chi connectivity index (χ1n) is 9.81. The minimum absolute atomic E-state index is 0.113. The number of anilines is 1. The van der Waals surface area contributed by atoms with E-state index in [9.17, 15) is 9.90 Å². The number of ether oxygens (including phenoxy) is 1. The summed E-state index contributed by atoms with van der Waals surface area (Å²) in [5.74, 6) is 0.839. The zero-order chi connectivity index (χ0) is 20.5. The van der Waals surface area contributed by atoms with Gasteiger partial charge in [0, 0.05) is 47.4 Å². The molecule has 2 N–H and O–H groups in total. The third-order valence-corrected chi connectivity index (χ3v) is 6.28. The first-order chi connectivity index (χ1) is 13.9. The minimum Gasteiger partial charge on any atom is -0.484 e. The topological polar surface area (TPSA) is 61.8 Å². The Balaban J connectivity index is 1.65. The van der Waals surface area contributed by atoms with E-state index in [0.29, 0.717) is 27.4 Å². The number of rotatable bonds is 5. The Labute approximate surface area is 180 Å². The Morgan fingerprint density at radius 2 is 2.14 bits per heavy atom. The number of carbonyl (C=O) groups is 1. The summed E-state index contributed by atoms with van der Waals surface area (Å²) in [6.45, 7) is 3.44. The number of nitrogens with one attached hydrogen (secondary N) is 1. The van der Waals surface area contributed by atoms with Crippen molar-refractivity contribution in [3.05, 3.63) is 57.6 Å². The first-order valence-corrected chi connectivity index (χ1v) is 10.6. The van der Waals surface area contributed by atoms with Crippen LogP contribution in [0.5, 0.6) is 5.75 Å². The molecule has 2 aliphatic rings. The highest BCUT2D eigenvalue weighted by molar-refractivity contribution is 6.35. The monoisotopic (exact) mass is 434 g/mol. The zero-order valence-corrected chi connectivity index (χ0v) is 17.7. The molecule has 0 saturated carbocycles. The van der Waals surface area contributed by atoms with Gasteiger partial charge in [0.05, 0.1) is 6.04 Å². The second-order valence-electron chi connectivity index (χ2n) is 7.81. The van der Waals surface area contributed by atoms with Crippen LogP contribution in [-0.4, -0.2) is 41.7 Å². The predicted molar refractivity (Wildman–Crippen MR) is 115 cm³/mol. The Bertz CT molecular complexity index is 921. The maximum atomic E-state index is 11.4. The van der Waals surface area contributed by atoms with E-state index in [0.717, 1.165) is 37.1 Å². The van der Waals surface area contributed by atoms with Gasteiger partial charge in [0.2, 0.25) is 5.91 Å². The first kappa shape index (κ1) is 20.5. The highest BCUT2D eigenvalue weighted by Gasteiger charge is 2.41. The molecule has 1 aliphatic heterocycles. The van der Waals surface area contributed by atoms with Crippen molar-refractivity contribution in [1.82, 2.24) is 4.90 Å². The number of likely N-dealkylation sites (tertiary alicyclic amines) is 1. The van der Waals surface area contributed by atoms with Gasteiger partial charge in [-0.2, -0.15) is 0 Å². The van der Waals surface area contributed by atoms with Crippen LogP contribution in [0, 0.1) is 5.92 Å². The number of amides is 1. The van der Waals surface area contributed by atoms with Crippen LogP contribution in [0.4, 0.5) is 5.69 Å². The molecule has 3 atom stereocenters. The fourth-order valence-corrected chi connectivity index (χ4v) is 4.97. The summed E-state index contributed by atoms with van der Waals surface area (Å²) in [5, 5.41) is 13.6. The molecule has 0 radical (unpaired) electrons. The average molecular weight is 435 g/mol. The number of hydrogen-bond donors (Lipinski definition) is 2. The molecule has 4 rings (SSSR count). The smallest absolute Gasteiger partial charge is 0.221 e. The molecule has 0 bridgehead atoms. The van der Waals surface area contributed by atoms with E-state index in [1.807, 2.05) is 30.3 Å². The standard InChI is InChI=1S/C22H24Cl2N2O3/c1-13(28)25-16-3-2-4-17(9-16)29-22-19-7-15(23)8-20(24)18(19)10-21(22)26-6-5-14(11-26)12-27/h2-4,7-9,14,21-22,27H,5-6,10-12H2,1H3,(H,25,28)/t14-,21-,22-/m1/s1. The second kappa shape index (κ2) is 8.52. The molecule has 2 aromatic carbocycles. The Hall–Kier alpha value is -1.79. The SMILES string of the molecule is CC(=O)Nc1cccc(O[C@@H]2c3cc(Cl)cc(Cl)c3C[C@H]2N2CC[C@@H](CO)C2)c1. The van der Waals surface area contributed by atoms with E-state index in [-0.39, 0.29) is 24.7 Å². The van der Waals surface area contributed by atoms with Gasteiger partial charge in [0.25, 0.3) is 0 Å². The van der Waals surface area contributed by atoms with Crippen molar-refractivity contribution >= 4 is 34.8 Å². The number of aliphatic hydroxyl groups excluding tert-OH is 1. The summed E-state index contributed by atoms with van der Waals surface area (Å²) in [6.07, 6.45) is 1.52. The molecule has 0 spiro atoms. The number of aliphatic hydroxyl groups is 1. The lowest BCUT2D eigenvalue weighted by atomic mass is 10.1. The second-order valence-corrected chi connectivity index (χ2v) is 8.65. The third-order valence-electron chi connectivity index (χ3n) is 5.73. The normalized spacial score (nSPS) is 23.8. The summed E-state index contributed by atoms with van der Waals surface area (Å²) in [6, 6.07) is 11.2. The number of fused-ring (bicyclic) bond motifs is 1. The van der Waals surface area contributed by atoms with Crippen LogP contribution in [0.25, 0.3) is 0 Å². The Morgan fingerprint density at radius 3 is 2.86 bits per heavy atom. The molecule has 1 saturated heterocycles. The van der Waals surface area contributed by atoms with Gasteiger partial charge in [-0.15, -0.1) is 0 Å². The lowest BCUT2D eigenvalue weighted by Crippen LogP contribution is -2.38. The van der Waals surface area contributed by atoms with Gasteiger partial charge in [-0.1, -0.05) is 29.3 Å². The largest absolute Gasteiger partial charge is 0.484 e. The number of hydrogen-bond acceptors (Lipinski definition) is 4. The van der Waals surface area contributed by atoms with Crippen molar-refractivity contribution in [1.29, 1.82) is 0 Å². The van der Waals surface area contributed by atoms with Crippen LogP contribution in [0.3, 0.4) is 0 Å². The Kier molecular flexibility index (Phi) is 6.02. The molecule has 2 aromatic rings. The van der Waals surface area contributed by atoms with Crippen LogP contribution in [0.1, 0.15) is 30.6 Å². The molecule has 29 heavy (non-hydrogen) atoms. The van der Waals surface area contributed by atoms with E-state index in [1.165, 1.54) is 6.92 Å². The highest BCUT2D eigenvalue weighted by Crippen LogP contribution is 2.43. The number of nitrogens with zero attached hydrogens (tertiary/aromatic N) is 1.